The van der Waals surface area contributed by atoms with Crippen LogP contribution in [0.3, 0.4) is 0 Å². The molecule has 2 fully saturated rings. The Labute approximate surface area is 122 Å². The number of hydrogen-bond donors (Lipinski definition) is 0. The highest BCUT2D eigenvalue weighted by Crippen LogP contribution is 2.47. The molecule has 0 heterocycles. The molecule has 2 aliphatic carbocycles. The number of carbonyl (C=O) groups excluding carboxylic acids is 1. The molecule has 20 heavy (non-hydrogen) atoms. The molecule has 0 amide bonds. The van der Waals surface area contributed by atoms with E-state index >= 15 is 0 Å². The van der Waals surface area contributed by atoms with E-state index in [0.29, 0.717) is 11.7 Å². The number of fused-ring (bicyclic) bond motifs is 1. The second-order valence-electron chi connectivity index (χ2n) is 6.77. The number of carbonyl (C=O) groups is 1. The Kier molecular flexibility index (Phi) is 4.24. The molecule has 0 aliphatic heterocycles. The average molecular weight is 270 g/mol. The van der Waals surface area contributed by atoms with Gasteiger partial charge in [-0.3, -0.25) is 4.79 Å². The van der Waals surface area contributed by atoms with Crippen LogP contribution in [-0.4, -0.2) is 5.78 Å². The maximum Gasteiger partial charge on any atom is 0.135 e. The predicted octanol–water partition coefficient (Wildman–Crippen LogP) is 4.97. The highest BCUT2D eigenvalue weighted by atomic mass is 16.1. The van der Waals surface area contributed by atoms with Crippen LogP contribution >= 0.6 is 0 Å². The predicted molar refractivity (Wildman–Crippen MR) is 82.7 cm³/mol. The van der Waals surface area contributed by atoms with E-state index in [-0.39, 0.29) is 0 Å². The first-order chi connectivity index (χ1) is 9.78. The van der Waals surface area contributed by atoms with Crippen LogP contribution in [0.15, 0.2) is 30.3 Å². The lowest BCUT2D eigenvalue weighted by Gasteiger charge is -2.42. The number of rotatable bonds is 3. The van der Waals surface area contributed by atoms with Crippen molar-refractivity contribution in [1.29, 1.82) is 0 Å². The Hall–Kier alpha value is -1.11. The van der Waals surface area contributed by atoms with Crippen LogP contribution in [0.25, 0.3) is 0 Å². The Morgan fingerprint density at radius 3 is 2.45 bits per heavy atom. The minimum absolute atomic E-state index is 0.384. The third-order valence-electron chi connectivity index (χ3n) is 5.69. The van der Waals surface area contributed by atoms with Crippen molar-refractivity contribution in [2.45, 2.75) is 57.8 Å². The molecule has 2 saturated carbocycles. The highest BCUT2D eigenvalue weighted by Gasteiger charge is 2.37. The van der Waals surface area contributed by atoms with Crippen LogP contribution in [0.5, 0.6) is 0 Å². The van der Waals surface area contributed by atoms with Gasteiger partial charge in [0, 0.05) is 12.3 Å². The van der Waals surface area contributed by atoms with Crippen LogP contribution in [0.2, 0.25) is 0 Å². The van der Waals surface area contributed by atoms with Crippen molar-refractivity contribution in [3.63, 3.8) is 0 Å². The second kappa shape index (κ2) is 6.11. The lowest BCUT2D eigenvalue weighted by Crippen LogP contribution is -2.33. The number of hydrogen-bond acceptors (Lipinski definition) is 1. The van der Waals surface area contributed by atoms with Gasteiger partial charge in [0.25, 0.3) is 0 Å². The number of Topliss-reactive ketones (excluding diaryl/α,β-unsaturated/α-hetero) is 1. The zero-order valence-corrected chi connectivity index (χ0v) is 12.6. The third-order valence-corrected chi connectivity index (χ3v) is 5.69. The molecule has 0 unspecified atom stereocenters. The Morgan fingerprint density at radius 2 is 1.70 bits per heavy atom. The molecule has 0 bridgehead atoms. The van der Waals surface area contributed by atoms with Gasteiger partial charge in [-0.25, -0.2) is 0 Å². The fourth-order valence-corrected chi connectivity index (χ4v) is 4.50. The smallest absolute Gasteiger partial charge is 0.135 e. The van der Waals surface area contributed by atoms with Crippen molar-refractivity contribution in [3.8, 4) is 0 Å². The van der Waals surface area contributed by atoms with Crippen molar-refractivity contribution in [2.24, 2.45) is 17.8 Å². The van der Waals surface area contributed by atoms with Crippen molar-refractivity contribution in [3.05, 3.63) is 35.9 Å². The molecule has 0 saturated heterocycles. The van der Waals surface area contributed by atoms with Crippen molar-refractivity contribution in [2.75, 3.05) is 0 Å². The molecule has 1 aromatic rings. The molecule has 3 rings (SSSR count). The van der Waals surface area contributed by atoms with Crippen LogP contribution in [0.4, 0.5) is 0 Å². The lowest BCUT2D eigenvalue weighted by atomic mass is 9.63. The SMILES string of the molecule is CCC(=O)[C@H]1CC[C@@H]2C[C@H](c3ccccc3)CC[C@H]2C1. The minimum Gasteiger partial charge on any atom is -0.299 e. The topological polar surface area (TPSA) is 17.1 Å². The van der Waals surface area contributed by atoms with Gasteiger partial charge in [-0.2, -0.15) is 0 Å². The summed E-state index contributed by atoms with van der Waals surface area (Å²) in [5.41, 5.74) is 1.53. The first-order valence-electron chi connectivity index (χ1n) is 8.35. The molecule has 0 spiro atoms. The average Bonchev–Trinajstić information content (AvgIpc) is 2.54. The highest BCUT2D eigenvalue weighted by molar-refractivity contribution is 5.80. The normalized spacial score (nSPS) is 33.5. The fraction of sp³-hybridized carbons (Fsp3) is 0.632. The molecular weight excluding hydrogens is 244 g/mol. The van der Waals surface area contributed by atoms with E-state index in [4.69, 9.17) is 0 Å². The first kappa shape index (κ1) is 13.9. The molecule has 4 atom stereocenters. The Bertz CT molecular complexity index is 450. The van der Waals surface area contributed by atoms with Crippen molar-refractivity contribution in [1.82, 2.24) is 0 Å². The van der Waals surface area contributed by atoms with Crippen molar-refractivity contribution < 1.29 is 4.79 Å². The maximum absolute atomic E-state index is 11.9. The molecule has 2 aliphatic rings. The van der Waals surface area contributed by atoms with Gasteiger partial charge >= 0.3 is 0 Å². The van der Waals surface area contributed by atoms with Gasteiger partial charge in [0.1, 0.15) is 5.78 Å². The molecule has 0 N–H and O–H groups in total. The van der Waals surface area contributed by atoms with Crippen LogP contribution < -0.4 is 0 Å². The summed E-state index contributed by atoms with van der Waals surface area (Å²) in [4.78, 5) is 11.9. The molecule has 1 aromatic carbocycles. The quantitative estimate of drug-likeness (QED) is 0.758. The van der Waals surface area contributed by atoms with E-state index in [0.717, 1.165) is 30.6 Å². The van der Waals surface area contributed by atoms with Gasteiger partial charge in [0.15, 0.2) is 0 Å². The molecule has 0 radical (unpaired) electrons. The molecule has 1 heteroatoms. The van der Waals surface area contributed by atoms with Gasteiger partial charge in [-0.15, -0.1) is 0 Å². The summed E-state index contributed by atoms with van der Waals surface area (Å²) in [6, 6.07) is 11.0. The van der Waals surface area contributed by atoms with E-state index in [2.05, 4.69) is 30.3 Å². The standard InChI is InChI=1S/C19H26O/c1-2-19(20)18-11-10-16-12-15(8-9-17(16)13-18)14-6-4-3-5-7-14/h3-7,15-18H,2,8-13H2,1H3/t15-,16-,17+,18+/m1/s1. The Balaban J connectivity index is 1.62. The van der Waals surface area contributed by atoms with E-state index < -0.39 is 0 Å². The monoisotopic (exact) mass is 270 g/mol. The minimum atomic E-state index is 0.384. The summed E-state index contributed by atoms with van der Waals surface area (Å²) in [6.07, 6.45) is 8.34. The summed E-state index contributed by atoms with van der Waals surface area (Å²) < 4.78 is 0. The van der Waals surface area contributed by atoms with Gasteiger partial charge in [-0.1, -0.05) is 37.3 Å². The third kappa shape index (κ3) is 2.82. The number of benzene rings is 1. The van der Waals surface area contributed by atoms with E-state index in [9.17, 15) is 4.79 Å². The lowest BCUT2D eigenvalue weighted by molar-refractivity contribution is -0.124. The van der Waals surface area contributed by atoms with E-state index in [1.54, 1.807) is 0 Å². The van der Waals surface area contributed by atoms with Crippen molar-refractivity contribution >= 4 is 5.78 Å². The number of ketones is 1. The van der Waals surface area contributed by atoms with Gasteiger partial charge < -0.3 is 0 Å². The summed E-state index contributed by atoms with van der Waals surface area (Å²) in [5, 5.41) is 0. The maximum atomic E-state index is 11.9. The summed E-state index contributed by atoms with van der Waals surface area (Å²) in [7, 11) is 0. The van der Waals surface area contributed by atoms with E-state index in [1.165, 1.54) is 37.7 Å². The Morgan fingerprint density at radius 1 is 1.00 bits per heavy atom. The fourth-order valence-electron chi connectivity index (χ4n) is 4.50. The second-order valence-corrected chi connectivity index (χ2v) is 6.77. The molecule has 1 nitrogen and oxygen atoms in total. The summed E-state index contributed by atoms with van der Waals surface area (Å²) in [6.45, 7) is 2.01. The molecule has 0 aromatic heterocycles. The molecular formula is C19H26O. The van der Waals surface area contributed by atoms with Crippen LogP contribution in [-0.2, 0) is 4.79 Å². The van der Waals surface area contributed by atoms with Gasteiger partial charge in [-0.05, 0) is 61.8 Å². The van der Waals surface area contributed by atoms with E-state index in [1.807, 2.05) is 6.92 Å². The summed E-state index contributed by atoms with van der Waals surface area (Å²) in [5.74, 6) is 3.35. The van der Waals surface area contributed by atoms with Gasteiger partial charge in [0.2, 0.25) is 0 Å². The van der Waals surface area contributed by atoms with Gasteiger partial charge in [0.05, 0.1) is 0 Å². The zero-order valence-electron chi connectivity index (χ0n) is 12.6. The van der Waals surface area contributed by atoms with Crippen LogP contribution in [0.1, 0.15) is 63.4 Å². The van der Waals surface area contributed by atoms with Crippen LogP contribution in [0, 0.1) is 17.8 Å². The molecule has 108 valence electrons. The zero-order chi connectivity index (χ0) is 13.9. The first-order valence-corrected chi connectivity index (χ1v) is 8.35. The summed E-state index contributed by atoms with van der Waals surface area (Å²) >= 11 is 0. The largest absolute Gasteiger partial charge is 0.299 e.